The lowest BCUT2D eigenvalue weighted by Crippen LogP contribution is -1.92. The van der Waals surface area contributed by atoms with E-state index >= 15 is 0 Å². The maximum Gasteiger partial charge on any atom is 0.327 e. The van der Waals surface area contributed by atoms with Crippen molar-refractivity contribution in [2.24, 2.45) is 5.92 Å². The Morgan fingerprint density at radius 2 is 2.08 bits per heavy atom. The molecule has 0 aliphatic rings. The van der Waals surface area contributed by atoms with Crippen molar-refractivity contribution in [2.75, 3.05) is 0 Å². The van der Waals surface area contributed by atoms with Crippen LogP contribution in [0.15, 0.2) is 12.7 Å². The highest BCUT2D eigenvalue weighted by atomic mass is 16.4. The molecule has 0 aromatic heterocycles. The Morgan fingerprint density at radius 3 is 2.17 bits per heavy atom. The number of carboxylic acid groups (broad SMARTS) is 1. The fourth-order valence-electron chi connectivity index (χ4n) is 0.523. The summed E-state index contributed by atoms with van der Waals surface area (Å²) in [5, 5.41) is 7.60. The summed E-state index contributed by atoms with van der Waals surface area (Å²) < 4.78 is 0. The van der Waals surface area contributed by atoms with Gasteiger partial charge in [0.05, 0.1) is 0 Å². The zero-order valence-electron chi connectivity index (χ0n) is 7.62. The van der Waals surface area contributed by atoms with Gasteiger partial charge in [0.1, 0.15) is 6.29 Å². The molecule has 0 heterocycles. The highest BCUT2D eigenvalue weighted by molar-refractivity contribution is 5.78. The highest BCUT2D eigenvalue weighted by Crippen LogP contribution is 1.98. The van der Waals surface area contributed by atoms with Crippen LogP contribution in [-0.4, -0.2) is 17.4 Å². The van der Waals surface area contributed by atoms with Gasteiger partial charge >= 0.3 is 5.97 Å². The Labute approximate surface area is 73.1 Å². The molecule has 0 aliphatic carbocycles. The van der Waals surface area contributed by atoms with Gasteiger partial charge in [-0.3, -0.25) is 0 Å². The van der Waals surface area contributed by atoms with Crippen LogP contribution in [0, 0.1) is 5.92 Å². The van der Waals surface area contributed by atoms with Gasteiger partial charge in [-0.1, -0.05) is 26.8 Å². The molecule has 0 bridgehead atoms. The van der Waals surface area contributed by atoms with E-state index in [9.17, 15) is 9.59 Å². The van der Waals surface area contributed by atoms with Crippen molar-refractivity contribution in [1.29, 1.82) is 0 Å². The molecule has 3 nitrogen and oxygen atoms in total. The summed E-state index contributed by atoms with van der Waals surface area (Å²) in [5.41, 5.74) is 0. The van der Waals surface area contributed by atoms with Gasteiger partial charge in [-0.25, -0.2) is 4.79 Å². The number of hydrogen-bond donors (Lipinski definition) is 1. The minimum absolute atomic E-state index is 0.269. The summed E-state index contributed by atoms with van der Waals surface area (Å²) in [4.78, 5) is 19.1. The number of aldehydes is 1. The van der Waals surface area contributed by atoms with Gasteiger partial charge in [-0.15, -0.1) is 0 Å². The summed E-state index contributed by atoms with van der Waals surface area (Å²) in [7, 11) is 0. The molecule has 0 saturated heterocycles. The molecule has 0 saturated carbocycles. The first-order valence-corrected chi connectivity index (χ1v) is 3.89. The van der Waals surface area contributed by atoms with E-state index in [1.54, 1.807) is 0 Å². The van der Waals surface area contributed by atoms with E-state index in [0.717, 1.165) is 25.2 Å². The van der Waals surface area contributed by atoms with Gasteiger partial charge in [-0.05, 0) is 6.42 Å². The predicted molar refractivity (Wildman–Crippen MR) is 48.0 cm³/mol. The molecular weight excluding hydrogens is 156 g/mol. The van der Waals surface area contributed by atoms with E-state index in [2.05, 4.69) is 13.5 Å². The monoisotopic (exact) mass is 172 g/mol. The minimum atomic E-state index is -0.981. The number of aliphatic carboxylic acids is 1. The SMILES string of the molecule is C=CC(=O)O.CCCC(C)C=O. The number of carbonyl (C=O) groups is 2. The van der Waals surface area contributed by atoms with Gasteiger partial charge in [0, 0.05) is 12.0 Å². The normalized spacial score (nSPS) is 10.5. The van der Waals surface area contributed by atoms with Crippen LogP contribution in [0.1, 0.15) is 26.7 Å². The molecule has 1 atom stereocenters. The van der Waals surface area contributed by atoms with Gasteiger partial charge in [-0.2, -0.15) is 0 Å². The third-order valence-corrected chi connectivity index (χ3v) is 1.15. The topological polar surface area (TPSA) is 54.4 Å². The zero-order valence-corrected chi connectivity index (χ0v) is 7.62. The van der Waals surface area contributed by atoms with Crippen LogP contribution in [0.25, 0.3) is 0 Å². The van der Waals surface area contributed by atoms with Crippen molar-refractivity contribution >= 4 is 12.3 Å². The van der Waals surface area contributed by atoms with Crippen molar-refractivity contribution in [3.63, 3.8) is 0 Å². The van der Waals surface area contributed by atoms with E-state index in [4.69, 9.17) is 5.11 Å². The second-order valence-corrected chi connectivity index (χ2v) is 2.44. The number of carboxylic acids is 1. The van der Waals surface area contributed by atoms with E-state index in [0.29, 0.717) is 0 Å². The summed E-state index contributed by atoms with van der Waals surface area (Å²) >= 11 is 0. The van der Waals surface area contributed by atoms with Crippen LogP contribution < -0.4 is 0 Å². The van der Waals surface area contributed by atoms with E-state index < -0.39 is 5.97 Å². The Bertz CT molecular complexity index is 141. The lowest BCUT2D eigenvalue weighted by molar-refractivity contribution is -0.131. The van der Waals surface area contributed by atoms with Crippen LogP contribution in [0.3, 0.4) is 0 Å². The molecule has 0 spiro atoms. The van der Waals surface area contributed by atoms with E-state index in [-0.39, 0.29) is 5.92 Å². The molecule has 1 unspecified atom stereocenters. The molecule has 0 rings (SSSR count). The quantitative estimate of drug-likeness (QED) is 0.520. The first-order valence-electron chi connectivity index (χ1n) is 3.89. The largest absolute Gasteiger partial charge is 0.478 e. The number of rotatable bonds is 4. The Morgan fingerprint density at radius 1 is 1.67 bits per heavy atom. The van der Waals surface area contributed by atoms with Gasteiger partial charge in [0.15, 0.2) is 0 Å². The van der Waals surface area contributed by atoms with E-state index in [1.807, 2.05) is 6.92 Å². The van der Waals surface area contributed by atoms with Crippen LogP contribution in [0.4, 0.5) is 0 Å². The second kappa shape index (κ2) is 9.88. The number of carbonyl (C=O) groups excluding carboxylic acids is 1. The third kappa shape index (κ3) is 15.9. The third-order valence-electron chi connectivity index (χ3n) is 1.15. The fraction of sp³-hybridized carbons (Fsp3) is 0.556. The van der Waals surface area contributed by atoms with Crippen LogP contribution in [-0.2, 0) is 9.59 Å². The van der Waals surface area contributed by atoms with Crippen molar-refractivity contribution in [3.05, 3.63) is 12.7 Å². The first kappa shape index (κ1) is 13.5. The van der Waals surface area contributed by atoms with Crippen molar-refractivity contribution in [1.82, 2.24) is 0 Å². The van der Waals surface area contributed by atoms with Crippen LogP contribution in [0.2, 0.25) is 0 Å². The molecule has 0 aromatic carbocycles. The van der Waals surface area contributed by atoms with Gasteiger partial charge < -0.3 is 9.90 Å². The van der Waals surface area contributed by atoms with Crippen molar-refractivity contribution in [3.8, 4) is 0 Å². The molecule has 3 heteroatoms. The second-order valence-electron chi connectivity index (χ2n) is 2.44. The maximum atomic E-state index is 9.89. The summed E-state index contributed by atoms with van der Waals surface area (Å²) in [6, 6.07) is 0. The van der Waals surface area contributed by atoms with Crippen LogP contribution >= 0.6 is 0 Å². The molecule has 0 fully saturated rings. The average Bonchev–Trinajstić information content (AvgIpc) is 2.06. The lowest BCUT2D eigenvalue weighted by atomic mass is 10.1. The van der Waals surface area contributed by atoms with Crippen molar-refractivity contribution in [2.45, 2.75) is 26.7 Å². The maximum absolute atomic E-state index is 9.89. The van der Waals surface area contributed by atoms with Crippen molar-refractivity contribution < 1.29 is 14.7 Å². The lowest BCUT2D eigenvalue weighted by Gasteiger charge is -1.94. The molecule has 0 radical (unpaired) electrons. The molecule has 0 aromatic rings. The van der Waals surface area contributed by atoms with Gasteiger partial charge in [0.25, 0.3) is 0 Å². The summed E-state index contributed by atoms with van der Waals surface area (Å²) in [5.74, 6) is -0.713. The molecule has 1 N–H and O–H groups in total. The Kier molecular flexibility index (Phi) is 11.1. The average molecular weight is 172 g/mol. The standard InChI is InChI=1S/C6H12O.C3H4O2/c1-3-4-6(2)5-7;1-2-3(4)5/h5-6H,3-4H2,1-2H3;2H,1H2,(H,4,5). The fourth-order valence-corrected chi connectivity index (χ4v) is 0.523. The molecule has 0 amide bonds. The molecule has 12 heavy (non-hydrogen) atoms. The summed E-state index contributed by atoms with van der Waals surface area (Å²) in [6.07, 6.45) is 3.98. The zero-order chi connectivity index (χ0) is 9.98. The minimum Gasteiger partial charge on any atom is -0.478 e. The summed E-state index contributed by atoms with van der Waals surface area (Å²) in [6.45, 7) is 6.98. The Balaban J connectivity index is 0. The highest BCUT2D eigenvalue weighted by Gasteiger charge is 1.93. The molecular formula is C9H16O3. The number of hydrogen-bond acceptors (Lipinski definition) is 2. The first-order chi connectivity index (χ1) is 5.58. The smallest absolute Gasteiger partial charge is 0.327 e. The van der Waals surface area contributed by atoms with Crippen LogP contribution in [0.5, 0.6) is 0 Å². The van der Waals surface area contributed by atoms with Gasteiger partial charge in [0.2, 0.25) is 0 Å². The Hall–Kier alpha value is -1.12. The molecule has 70 valence electrons. The van der Waals surface area contributed by atoms with E-state index in [1.165, 1.54) is 0 Å². The predicted octanol–water partition coefficient (Wildman–Crippen LogP) is 1.88. The molecule has 0 aliphatic heterocycles.